The fourth-order valence-electron chi connectivity index (χ4n) is 4.10. The first-order valence-corrected chi connectivity index (χ1v) is 10.7. The molecule has 0 aliphatic heterocycles. The van der Waals surface area contributed by atoms with Gasteiger partial charge in [0.1, 0.15) is 17.3 Å². The third kappa shape index (κ3) is 4.80. The van der Waals surface area contributed by atoms with Crippen molar-refractivity contribution in [1.29, 1.82) is 0 Å². The number of benzene rings is 3. The third-order valence-electron chi connectivity index (χ3n) is 5.67. The summed E-state index contributed by atoms with van der Waals surface area (Å²) in [7, 11) is 1.59. The zero-order valence-electron chi connectivity index (χ0n) is 18.6. The number of phenols is 1. The predicted molar refractivity (Wildman–Crippen MR) is 126 cm³/mol. The van der Waals surface area contributed by atoms with Crippen LogP contribution in [0.15, 0.2) is 77.6 Å². The Hall–Kier alpha value is -3.93. The number of para-hydroxylation sites is 2. The van der Waals surface area contributed by atoms with Crippen LogP contribution in [0.25, 0.3) is 11.1 Å². The van der Waals surface area contributed by atoms with E-state index >= 15 is 0 Å². The summed E-state index contributed by atoms with van der Waals surface area (Å²) in [6.07, 6.45) is 0.854. The number of ether oxygens (including phenoxy) is 1. The maximum absolute atomic E-state index is 13.7. The molecule has 0 spiro atoms. The molecule has 1 N–H and O–H groups in total. The summed E-state index contributed by atoms with van der Waals surface area (Å²) < 4.78 is 20.6. The van der Waals surface area contributed by atoms with Crippen molar-refractivity contribution < 1.29 is 14.2 Å². The fourth-order valence-corrected chi connectivity index (χ4v) is 4.10. The minimum absolute atomic E-state index is 0.0799. The number of aryl methyl sites for hydroxylation is 2. The first kappa shape index (κ1) is 22.3. The van der Waals surface area contributed by atoms with E-state index in [0.29, 0.717) is 41.0 Å². The molecule has 1 heterocycles. The Kier molecular flexibility index (Phi) is 6.54. The third-order valence-corrected chi connectivity index (χ3v) is 5.67. The highest BCUT2D eigenvalue weighted by atomic mass is 19.1. The molecular weight excluding hydrogens is 419 g/mol. The number of hydrogen-bond donors (Lipinski definition) is 1. The molecule has 168 valence electrons. The molecule has 0 fully saturated rings. The summed E-state index contributed by atoms with van der Waals surface area (Å²) >= 11 is 0. The second-order valence-electron chi connectivity index (χ2n) is 7.86. The number of aromatic nitrogens is 2. The van der Waals surface area contributed by atoms with Crippen LogP contribution < -0.4 is 10.3 Å². The van der Waals surface area contributed by atoms with E-state index in [4.69, 9.17) is 4.74 Å². The molecule has 4 aromatic rings. The Balaban J connectivity index is 1.82. The predicted octanol–water partition coefficient (Wildman–Crippen LogP) is 4.91. The lowest BCUT2D eigenvalue weighted by Gasteiger charge is -2.17. The van der Waals surface area contributed by atoms with Crippen LogP contribution in [0, 0.1) is 12.7 Å². The average molecular weight is 445 g/mol. The van der Waals surface area contributed by atoms with Crippen molar-refractivity contribution in [3.63, 3.8) is 0 Å². The molecule has 0 amide bonds. The molecule has 0 aliphatic carbocycles. The molecule has 0 aliphatic rings. The number of nitrogens with zero attached hydrogens (tertiary/aromatic N) is 2. The number of aromatic hydroxyl groups is 1. The normalized spacial score (nSPS) is 10.9. The van der Waals surface area contributed by atoms with Gasteiger partial charge in [-0.25, -0.2) is 9.07 Å². The first-order chi connectivity index (χ1) is 16.0. The standard InChI is InChI=1S/C27H25FN2O3/c1-18-26(22-11-4-5-12-24(22)31)23(15-14-19-8-7-10-21(28)16-19)27(32)30(29-18)17-20-9-3-6-13-25(20)33-2/h3-13,16,31H,14-15,17H2,1-2H3. The molecular formula is C27H25FN2O3. The summed E-state index contributed by atoms with van der Waals surface area (Å²) in [5, 5.41) is 15.1. The van der Waals surface area contributed by atoms with Crippen molar-refractivity contribution >= 4 is 0 Å². The minimum Gasteiger partial charge on any atom is -0.507 e. The van der Waals surface area contributed by atoms with Gasteiger partial charge in [-0.2, -0.15) is 5.10 Å². The quantitative estimate of drug-likeness (QED) is 0.440. The molecule has 0 saturated carbocycles. The summed E-state index contributed by atoms with van der Waals surface area (Å²) in [6.45, 7) is 2.07. The highest BCUT2D eigenvalue weighted by molar-refractivity contribution is 5.74. The molecule has 0 atom stereocenters. The molecule has 1 aromatic heterocycles. The van der Waals surface area contributed by atoms with Crippen molar-refractivity contribution in [3.8, 4) is 22.6 Å². The van der Waals surface area contributed by atoms with Crippen LogP contribution >= 0.6 is 0 Å². The SMILES string of the molecule is COc1ccccc1Cn1nc(C)c(-c2ccccc2O)c(CCc2cccc(F)c2)c1=O. The molecule has 0 saturated heterocycles. The molecule has 0 unspecified atom stereocenters. The summed E-state index contributed by atoms with van der Waals surface area (Å²) in [5.74, 6) is 0.444. The fraction of sp³-hybridized carbons (Fsp3) is 0.185. The number of halogens is 1. The number of methoxy groups -OCH3 is 1. The summed E-state index contributed by atoms with van der Waals surface area (Å²) in [5.41, 5.74) is 3.71. The van der Waals surface area contributed by atoms with Gasteiger partial charge in [-0.05, 0) is 49.6 Å². The number of rotatable bonds is 7. The molecule has 6 heteroatoms. The van der Waals surface area contributed by atoms with Crippen LogP contribution in [-0.4, -0.2) is 22.0 Å². The van der Waals surface area contributed by atoms with Crippen LogP contribution in [0.1, 0.15) is 22.4 Å². The van der Waals surface area contributed by atoms with Crippen molar-refractivity contribution in [3.05, 3.63) is 111 Å². The van der Waals surface area contributed by atoms with Crippen LogP contribution in [0.5, 0.6) is 11.5 Å². The van der Waals surface area contributed by atoms with E-state index < -0.39 is 0 Å². The average Bonchev–Trinajstić information content (AvgIpc) is 2.81. The monoisotopic (exact) mass is 444 g/mol. The van der Waals surface area contributed by atoms with E-state index in [1.807, 2.05) is 43.3 Å². The Labute approximate surface area is 191 Å². The topological polar surface area (TPSA) is 64.3 Å². The summed E-state index contributed by atoms with van der Waals surface area (Å²) in [4.78, 5) is 13.6. The van der Waals surface area contributed by atoms with Gasteiger partial charge in [-0.1, -0.05) is 48.5 Å². The van der Waals surface area contributed by atoms with Crippen LogP contribution in [0.4, 0.5) is 4.39 Å². The second-order valence-corrected chi connectivity index (χ2v) is 7.86. The minimum atomic E-state index is -0.312. The van der Waals surface area contributed by atoms with E-state index in [1.54, 1.807) is 31.4 Å². The molecule has 0 radical (unpaired) electrons. The molecule has 33 heavy (non-hydrogen) atoms. The number of hydrogen-bond acceptors (Lipinski definition) is 4. The van der Waals surface area contributed by atoms with Crippen LogP contribution in [-0.2, 0) is 19.4 Å². The Morgan fingerprint density at radius 2 is 1.76 bits per heavy atom. The molecule has 0 bridgehead atoms. The smallest absolute Gasteiger partial charge is 0.270 e. The maximum atomic E-state index is 13.7. The van der Waals surface area contributed by atoms with Gasteiger partial charge >= 0.3 is 0 Å². The zero-order chi connectivity index (χ0) is 23.4. The van der Waals surface area contributed by atoms with E-state index in [2.05, 4.69) is 5.10 Å². The van der Waals surface area contributed by atoms with E-state index in [9.17, 15) is 14.3 Å². The maximum Gasteiger partial charge on any atom is 0.270 e. The molecule has 4 rings (SSSR count). The van der Waals surface area contributed by atoms with Crippen molar-refractivity contribution in [1.82, 2.24) is 9.78 Å². The zero-order valence-corrected chi connectivity index (χ0v) is 18.6. The molecule has 5 nitrogen and oxygen atoms in total. The lowest BCUT2D eigenvalue weighted by atomic mass is 9.94. The van der Waals surface area contributed by atoms with Gasteiger partial charge in [0.25, 0.3) is 5.56 Å². The summed E-state index contributed by atoms with van der Waals surface area (Å²) in [6, 6.07) is 20.8. The largest absolute Gasteiger partial charge is 0.507 e. The van der Waals surface area contributed by atoms with Gasteiger partial charge in [-0.15, -0.1) is 0 Å². The van der Waals surface area contributed by atoms with Gasteiger partial charge < -0.3 is 9.84 Å². The Morgan fingerprint density at radius 3 is 2.52 bits per heavy atom. The van der Waals surface area contributed by atoms with Crippen LogP contribution in [0.3, 0.4) is 0 Å². The van der Waals surface area contributed by atoms with Crippen LogP contribution in [0.2, 0.25) is 0 Å². The van der Waals surface area contributed by atoms with E-state index in [-0.39, 0.29) is 23.7 Å². The van der Waals surface area contributed by atoms with E-state index in [1.165, 1.54) is 16.8 Å². The van der Waals surface area contributed by atoms with Gasteiger partial charge in [-0.3, -0.25) is 4.79 Å². The highest BCUT2D eigenvalue weighted by Gasteiger charge is 2.19. The van der Waals surface area contributed by atoms with Gasteiger partial charge in [0.15, 0.2) is 0 Å². The molecule has 3 aromatic carbocycles. The van der Waals surface area contributed by atoms with Gasteiger partial charge in [0, 0.05) is 22.3 Å². The van der Waals surface area contributed by atoms with Gasteiger partial charge in [0.2, 0.25) is 0 Å². The lowest BCUT2D eigenvalue weighted by molar-refractivity contribution is 0.406. The highest BCUT2D eigenvalue weighted by Crippen LogP contribution is 2.32. The van der Waals surface area contributed by atoms with E-state index in [0.717, 1.165) is 11.1 Å². The van der Waals surface area contributed by atoms with Crippen molar-refractivity contribution in [2.24, 2.45) is 0 Å². The number of phenolic OH excluding ortho intramolecular Hbond substituents is 1. The Morgan fingerprint density at radius 1 is 1.00 bits per heavy atom. The Bertz CT molecular complexity index is 1350. The lowest BCUT2D eigenvalue weighted by Crippen LogP contribution is -2.29. The first-order valence-electron chi connectivity index (χ1n) is 10.7. The van der Waals surface area contributed by atoms with Crippen molar-refractivity contribution in [2.45, 2.75) is 26.3 Å². The second kappa shape index (κ2) is 9.69. The van der Waals surface area contributed by atoms with Crippen molar-refractivity contribution in [2.75, 3.05) is 7.11 Å². The van der Waals surface area contributed by atoms with Gasteiger partial charge in [0.05, 0.1) is 19.3 Å².